The van der Waals surface area contributed by atoms with Crippen LogP contribution < -0.4 is 4.74 Å². The summed E-state index contributed by atoms with van der Waals surface area (Å²) in [6.45, 7) is 7.89. The zero-order valence-corrected chi connectivity index (χ0v) is 11.7. The lowest BCUT2D eigenvalue weighted by molar-refractivity contribution is -0.0115. The molecule has 102 valence electrons. The first kappa shape index (κ1) is 15.0. The molecule has 1 aromatic carbocycles. The number of benzene rings is 1. The largest absolute Gasteiger partial charge is 0.490 e. The fraction of sp³-hybridized carbons (Fsp3) is 0.600. The first-order valence-electron chi connectivity index (χ1n) is 6.55. The second kappa shape index (κ2) is 6.21. The Morgan fingerprint density at radius 2 is 1.89 bits per heavy atom. The molecule has 0 aliphatic rings. The van der Waals surface area contributed by atoms with Crippen LogP contribution in [0.3, 0.4) is 0 Å². The number of aryl methyl sites for hydroxylation is 1. The highest BCUT2D eigenvalue weighted by Crippen LogP contribution is 2.24. The van der Waals surface area contributed by atoms with Crippen molar-refractivity contribution in [3.8, 4) is 5.75 Å². The molecule has 0 saturated carbocycles. The summed E-state index contributed by atoms with van der Waals surface area (Å²) in [6.07, 6.45) is 0.878. The minimum Gasteiger partial charge on any atom is -0.490 e. The Morgan fingerprint density at radius 3 is 2.33 bits per heavy atom. The van der Waals surface area contributed by atoms with Gasteiger partial charge in [-0.2, -0.15) is 0 Å². The van der Waals surface area contributed by atoms with E-state index in [-0.39, 0.29) is 0 Å². The summed E-state index contributed by atoms with van der Waals surface area (Å²) in [6, 6.07) is 5.62. The molecule has 0 aliphatic carbocycles. The predicted molar refractivity (Wildman–Crippen MR) is 72.8 cm³/mol. The first-order valence-corrected chi connectivity index (χ1v) is 6.55. The number of rotatable bonds is 6. The quantitative estimate of drug-likeness (QED) is 0.818. The smallest absolute Gasteiger partial charge is 0.122 e. The highest BCUT2D eigenvalue weighted by molar-refractivity contribution is 5.37. The lowest BCUT2D eigenvalue weighted by atomic mass is 9.99. The normalized spacial score (nSPS) is 13.4. The number of aliphatic hydroxyl groups is 2. The maximum Gasteiger partial charge on any atom is 0.122 e. The van der Waals surface area contributed by atoms with Crippen molar-refractivity contribution >= 4 is 0 Å². The molecule has 0 aromatic heterocycles. The van der Waals surface area contributed by atoms with Crippen LogP contribution in [0.15, 0.2) is 18.2 Å². The van der Waals surface area contributed by atoms with Gasteiger partial charge in [0.2, 0.25) is 0 Å². The molecule has 2 N–H and O–H groups in total. The molecular weight excluding hydrogens is 228 g/mol. The summed E-state index contributed by atoms with van der Waals surface area (Å²) in [4.78, 5) is 0. The zero-order chi connectivity index (χ0) is 13.8. The van der Waals surface area contributed by atoms with Gasteiger partial charge in [-0.3, -0.25) is 0 Å². The Kier molecular flexibility index (Phi) is 5.17. The van der Waals surface area contributed by atoms with Crippen molar-refractivity contribution in [1.29, 1.82) is 0 Å². The second-order valence-corrected chi connectivity index (χ2v) is 4.92. The average molecular weight is 252 g/mol. The van der Waals surface area contributed by atoms with Crippen molar-refractivity contribution in [2.24, 2.45) is 0 Å². The van der Waals surface area contributed by atoms with Gasteiger partial charge in [0.25, 0.3) is 0 Å². The van der Waals surface area contributed by atoms with Crippen LogP contribution in [0, 0.1) is 6.92 Å². The SMILES string of the molecule is CCC(O)(CC)COc1ccc([C@@H](C)O)cc1C. The summed E-state index contributed by atoms with van der Waals surface area (Å²) < 4.78 is 5.69. The van der Waals surface area contributed by atoms with Gasteiger partial charge >= 0.3 is 0 Å². The van der Waals surface area contributed by atoms with Crippen molar-refractivity contribution in [3.63, 3.8) is 0 Å². The predicted octanol–water partition coefficient (Wildman–Crippen LogP) is 2.98. The minimum absolute atomic E-state index is 0.300. The van der Waals surface area contributed by atoms with Crippen LogP contribution in [-0.2, 0) is 0 Å². The van der Waals surface area contributed by atoms with Crippen LogP contribution in [0.25, 0.3) is 0 Å². The van der Waals surface area contributed by atoms with E-state index in [9.17, 15) is 10.2 Å². The molecule has 0 spiro atoms. The summed E-state index contributed by atoms with van der Waals surface area (Å²) in [5, 5.41) is 19.7. The van der Waals surface area contributed by atoms with Crippen molar-refractivity contribution in [2.45, 2.75) is 52.2 Å². The maximum atomic E-state index is 10.2. The molecule has 18 heavy (non-hydrogen) atoms. The fourth-order valence-electron chi connectivity index (χ4n) is 1.76. The zero-order valence-electron chi connectivity index (χ0n) is 11.7. The Hall–Kier alpha value is -1.06. The third-order valence-corrected chi connectivity index (χ3v) is 3.49. The van der Waals surface area contributed by atoms with E-state index in [1.165, 1.54) is 0 Å². The number of aliphatic hydroxyl groups excluding tert-OH is 1. The lowest BCUT2D eigenvalue weighted by Crippen LogP contribution is -2.34. The highest BCUT2D eigenvalue weighted by atomic mass is 16.5. The number of hydrogen-bond acceptors (Lipinski definition) is 3. The number of ether oxygens (including phenoxy) is 1. The van der Waals surface area contributed by atoms with E-state index < -0.39 is 11.7 Å². The molecule has 3 nitrogen and oxygen atoms in total. The molecule has 3 heteroatoms. The van der Waals surface area contributed by atoms with E-state index >= 15 is 0 Å². The van der Waals surface area contributed by atoms with Crippen molar-refractivity contribution in [1.82, 2.24) is 0 Å². The van der Waals surface area contributed by atoms with Crippen molar-refractivity contribution in [2.75, 3.05) is 6.61 Å². The van der Waals surface area contributed by atoms with Gasteiger partial charge in [0.1, 0.15) is 12.4 Å². The van der Waals surface area contributed by atoms with Gasteiger partial charge in [0, 0.05) is 0 Å². The van der Waals surface area contributed by atoms with Crippen molar-refractivity contribution < 1.29 is 14.9 Å². The highest BCUT2D eigenvalue weighted by Gasteiger charge is 2.23. The molecular formula is C15H24O3. The van der Waals surface area contributed by atoms with E-state index in [1.807, 2.05) is 39.0 Å². The van der Waals surface area contributed by atoms with Crippen LogP contribution in [-0.4, -0.2) is 22.4 Å². The van der Waals surface area contributed by atoms with Gasteiger partial charge in [-0.1, -0.05) is 19.9 Å². The molecule has 1 rings (SSSR count). The van der Waals surface area contributed by atoms with Gasteiger partial charge in [-0.05, 0) is 49.9 Å². The molecule has 0 saturated heterocycles. The fourth-order valence-corrected chi connectivity index (χ4v) is 1.76. The summed E-state index contributed by atoms with van der Waals surface area (Å²) in [7, 11) is 0. The van der Waals surface area contributed by atoms with Crippen LogP contribution >= 0.6 is 0 Å². The maximum absolute atomic E-state index is 10.2. The van der Waals surface area contributed by atoms with Crippen LogP contribution in [0.5, 0.6) is 5.75 Å². The Labute approximate surface area is 109 Å². The summed E-state index contributed by atoms with van der Waals surface area (Å²) in [5.41, 5.74) is 1.10. The van der Waals surface area contributed by atoms with Crippen LogP contribution in [0.4, 0.5) is 0 Å². The summed E-state index contributed by atoms with van der Waals surface area (Å²) in [5.74, 6) is 0.764. The van der Waals surface area contributed by atoms with E-state index in [0.717, 1.165) is 16.9 Å². The van der Waals surface area contributed by atoms with Crippen LogP contribution in [0.2, 0.25) is 0 Å². The molecule has 0 bridgehead atoms. The van der Waals surface area contributed by atoms with E-state index in [4.69, 9.17) is 4.74 Å². The minimum atomic E-state index is -0.755. The van der Waals surface area contributed by atoms with E-state index in [2.05, 4.69) is 0 Å². The van der Waals surface area contributed by atoms with Gasteiger partial charge in [-0.25, -0.2) is 0 Å². The van der Waals surface area contributed by atoms with Crippen molar-refractivity contribution in [3.05, 3.63) is 29.3 Å². The van der Waals surface area contributed by atoms with Gasteiger partial charge < -0.3 is 14.9 Å². The molecule has 0 radical (unpaired) electrons. The van der Waals surface area contributed by atoms with E-state index in [0.29, 0.717) is 19.4 Å². The Balaban J connectivity index is 2.74. The summed E-state index contributed by atoms with van der Waals surface area (Å²) >= 11 is 0. The monoisotopic (exact) mass is 252 g/mol. The molecule has 0 unspecified atom stereocenters. The van der Waals surface area contributed by atoms with Gasteiger partial charge in [0.05, 0.1) is 11.7 Å². The average Bonchev–Trinajstić information content (AvgIpc) is 2.36. The Morgan fingerprint density at radius 1 is 1.28 bits per heavy atom. The van der Waals surface area contributed by atoms with Crippen LogP contribution in [0.1, 0.15) is 50.8 Å². The van der Waals surface area contributed by atoms with E-state index in [1.54, 1.807) is 6.92 Å². The molecule has 0 aliphatic heterocycles. The standard InChI is InChI=1S/C15H24O3/c1-5-15(17,6-2)10-18-14-8-7-13(12(4)16)9-11(14)3/h7-9,12,16-17H,5-6,10H2,1-4H3/t12-/m1/s1. The molecule has 0 fully saturated rings. The molecule has 0 heterocycles. The van der Waals surface area contributed by atoms with Gasteiger partial charge in [0.15, 0.2) is 0 Å². The molecule has 1 atom stereocenters. The third-order valence-electron chi connectivity index (χ3n) is 3.49. The number of hydrogen-bond donors (Lipinski definition) is 2. The first-order chi connectivity index (χ1) is 8.41. The second-order valence-electron chi connectivity index (χ2n) is 4.92. The molecule has 0 amide bonds. The Bertz CT molecular complexity index is 381. The topological polar surface area (TPSA) is 49.7 Å². The third kappa shape index (κ3) is 3.72. The molecule has 1 aromatic rings. The van der Waals surface area contributed by atoms with Gasteiger partial charge in [-0.15, -0.1) is 0 Å². The lowest BCUT2D eigenvalue weighted by Gasteiger charge is -2.25.